The second kappa shape index (κ2) is 10.6. The number of aromatic amines is 1. The molecular formula is C27H27BrClFN6O2. The number of amides is 1. The Balaban J connectivity index is 1.28. The Morgan fingerprint density at radius 1 is 1.18 bits per heavy atom. The molecule has 1 amide bonds. The minimum Gasteiger partial charge on any atom is -0.334 e. The van der Waals surface area contributed by atoms with Gasteiger partial charge in [0.05, 0.1) is 17.9 Å². The third-order valence-electron chi connectivity index (χ3n) is 7.14. The minimum atomic E-state index is -0.383. The molecule has 2 aromatic carbocycles. The molecule has 0 spiro atoms. The summed E-state index contributed by atoms with van der Waals surface area (Å²) in [6.45, 7) is 7.67. The largest absolute Gasteiger partial charge is 0.334 e. The Labute approximate surface area is 232 Å². The number of hydrogen-bond donors (Lipinski definition) is 1. The van der Waals surface area contributed by atoms with Crippen molar-refractivity contribution in [2.45, 2.75) is 45.4 Å². The van der Waals surface area contributed by atoms with E-state index in [9.17, 15) is 14.0 Å². The van der Waals surface area contributed by atoms with Gasteiger partial charge < -0.3 is 9.88 Å². The molecule has 8 nitrogen and oxygen atoms in total. The number of halogens is 3. The van der Waals surface area contributed by atoms with Crippen molar-refractivity contribution in [3.63, 3.8) is 0 Å². The highest BCUT2D eigenvalue weighted by atomic mass is 79.9. The fourth-order valence-corrected chi connectivity index (χ4v) is 5.78. The molecule has 3 heterocycles. The Kier molecular flexibility index (Phi) is 7.39. The topological polar surface area (TPSA) is 87.1 Å². The van der Waals surface area contributed by atoms with E-state index in [1.807, 2.05) is 25.3 Å². The Morgan fingerprint density at radius 2 is 1.92 bits per heavy atom. The zero-order valence-electron chi connectivity index (χ0n) is 21.2. The van der Waals surface area contributed by atoms with E-state index in [2.05, 4.69) is 50.0 Å². The fraction of sp³-hybridized carbons (Fsp3) is 0.333. The summed E-state index contributed by atoms with van der Waals surface area (Å²) < 4.78 is 16.0. The van der Waals surface area contributed by atoms with Gasteiger partial charge in [0.15, 0.2) is 0 Å². The van der Waals surface area contributed by atoms with Crippen LogP contribution < -0.4 is 5.56 Å². The molecule has 0 aliphatic carbocycles. The maximum Gasteiger partial charge on any atom is 0.270 e. The normalized spacial score (nSPS) is 19.2. The summed E-state index contributed by atoms with van der Waals surface area (Å²) in [5.41, 5.74) is 1.55. The summed E-state index contributed by atoms with van der Waals surface area (Å²) in [6, 6.07) is 11.4. The standard InChI is InChI=1S/C27H27BrClFN6O2/c1-15-11-34(27(38)25-8-18-4-5-19(28)9-23(18)26(37)31-25)12-16(2)35(15)13-21-14-36(33-32-21)17(3)22-7-6-20(30)10-24(22)29/h4-10,14-17H,11-13H2,1-3H3,(H,31,37)/t15-,16+,17-/m1/s1. The average molecular weight is 602 g/mol. The van der Waals surface area contributed by atoms with Gasteiger partial charge in [-0.05, 0) is 62.1 Å². The highest BCUT2D eigenvalue weighted by molar-refractivity contribution is 9.10. The second-order valence-electron chi connectivity index (χ2n) is 9.86. The number of rotatable bonds is 5. The van der Waals surface area contributed by atoms with Crippen molar-refractivity contribution in [2.75, 3.05) is 13.1 Å². The predicted molar refractivity (Wildman–Crippen MR) is 148 cm³/mol. The van der Waals surface area contributed by atoms with Gasteiger partial charge in [-0.25, -0.2) is 9.07 Å². The van der Waals surface area contributed by atoms with Gasteiger partial charge in [0.1, 0.15) is 11.5 Å². The maximum atomic E-state index is 13.5. The lowest BCUT2D eigenvalue weighted by molar-refractivity contribution is 0.0260. The van der Waals surface area contributed by atoms with E-state index in [1.54, 1.807) is 27.8 Å². The van der Waals surface area contributed by atoms with Crippen molar-refractivity contribution < 1.29 is 9.18 Å². The summed E-state index contributed by atoms with van der Waals surface area (Å²) >= 11 is 9.62. The van der Waals surface area contributed by atoms with E-state index in [-0.39, 0.29) is 41.1 Å². The van der Waals surface area contributed by atoms with Gasteiger partial charge >= 0.3 is 0 Å². The van der Waals surface area contributed by atoms with Crippen LogP contribution in [0.2, 0.25) is 5.02 Å². The highest BCUT2D eigenvalue weighted by Gasteiger charge is 2.33. The molecule has 3 atom stereocenters. The quantitative estimate of drug-likeness (QED) is 0.347. The summed E-state index contributed by atoms with van der Waals surface area (Å²) in [6.07, 6.45) is 1.87. The summed E-state index contributed by atoms with van der Waals surface area (Å²) in [4.78, 5) is 32.8. The molecule has 1 N–H and O–H groups in total. The number of nitrogens with zero attached hydrogens (tertiary/aromatic N) is 5. The van der Waals surface area contributed by atoms with E-state index in [4.69, 9.17) is 11.6 Å². The zero-order valence-corrected chi connectivity index (χ0v) is 23.5. The van der Waals surface area contributed by atoms with E-state index < -0.39 is 0 Å². The van der Waals surface area contributed by atoms with Gasteiger partial charge in [0, 0.05) is 46.6 Å². The first kappa shape index (κ1) is 26.5. The zero-order chi connectivity index (χ0) is 27.1. The third kappa shape index (κ3) is 5.25. The molecule has 1 aliphatic heterocycles. The number of carbonyl (C=O) groups excluding carboxylic acids is 1. The van der Waals surface area contributed by atoms with Crippen LogP contribution in [0.5, 0.6) is 0 Å². The highest BCUT2D eigenvalue weighted by Crippen LogP contribution is 2.27. The maximum absolute atomic E-state index is 13.5. The lowest BCUT2D eigenvalue weighted by Crippen LogP contribution is -2.57. The van der Waals surface area contributed by atoms with Crippen LogP contribution in [0.3, 0.4) is 0 Å². The number of benzene rings is 2. The molecule has 2 aromatic heterocycles. The lowest BCUT2D eigenvalue weighted by atomic mass is 10.1. The van der Waals surface area contributed by atoms with Crippen molar-refractivity contribution in [1.29, 1.82) is 0 Å². The molecule has 38 heavy (non-hydrogen) atoms. The van der Waals surface area contributed by atoms with Gasteiger partial charge in [-0.15, -0.1) is 5.10 Å². The summed E-state index contributed by atoms with van der Waals surface area (Å²) in [5.74, 6) is -0.577. The number of aromatic nitrogens is 4. The first-order valence-corrected chi connectivity index (χ1v) is 13.5. The first-order valence-electron chi connectivity index (χ1n) is 12.3. The van der Waals surface area contributed by atoms with Crippen molar-refractivity contribution in [3.8, 4) is 0 Å². The Morgan fingerprint density at radius 3 is 2.63 bits per heavy atom. The number of fused-ring (bicyclic) bond motifs is 1. The van der Waals surface area contributed by atoms with Crippen LogP contribution in [0.1, 0.15) is 48.6 Å². The number of hydrogen-bond acceptors (Lipinski definition) is 5. The van der Waals surface area contributed by atoms with E-state index >= 15 is 0 Å². The van der Waals surface area contributed by atoms with E-state index in [1.165, 1.54) is 12.1 Å². The van der Waals surface area contributed by atoms with Gasteiger partial charge in [-0.3, -0.25) is 14.5 Å². The molecule has 5 rings (SSSR count). The molecule has 11 heteroatoms. The molecule has 198 valence electrons. The van der Waals surface area contributed by atoms with Crippen LogP contribution in [0, 0.1) is 5.82 Å². The first-order chi connectivity index (χ1) is 18.1. The molecule has 1 fully saturated rings. The Bertz CT molecular complexity index is 1560. The van der Waals surface area contributed by atoms with Crippen LogP contribution in [-0.2, 0) is 6.54 Å². The number of nitrogens with one attached hydrogen (secondary N) is 1. The van der Waals surface area contributed by atoms with Crippen LogP contribution in [0.25, 0.3) is 10.8 Å². The number of carbonyl (C=O) groups is 1. The van der Waals surface area contributed by atoms with Gasteiger partial charge in [-0.1, -0.05) is 44.9 Å². The molecule has 0 unspecified atom stereocenters. The molecule has 0 saturated carbocycles. The van der Waals surface area contributed by atoms with Crippen LogP contribution >= 0.6 is 27.5 Å². The van der Waals surface area contributed by atoms with E-state index in [0.29, 0.717) is 30.0 Å². The summed E-state index contributed by atoms with van der Waals surface area (Å²) in [7, 11) is 0. The molecule has 1 aliphatic rings. The van der Waals surface area contributed by atoms with Gasteiger partial charge in [0.25, 0.3) is 11.5 Å². The van der Waals surface area contributed by atoms with Crippen molar-refractivity contribution in [1.82, 2.24) is 29.8 Å². The van der Waals surface area contributed by atoms with Crippen LogP contribution in [0.15, 0.2) is 57.9 Å². The van der Waals surface area contributed by atoms with Crippen LogP contribution in [0.4, 0.5) is 4.39 Å². The monoisotopic (exact) mass is 600 g/mol. The van der Waals surface area contributed by atoms with Gasteiger partial charge in [-0.2, -0.15) is 0 Å². The molecule has 4 aromatic rings. The van der Waals surface area contributed by atoms with Crippen LogP contribution in [-0.4, -0.2) is 60.9 Å². The molecule has 1 saturated heterocycles. The molecule has 0 radical (unpaired) electrons. The lowest BCUT2D eigenvalue weighted by Gasteiger charge is -2.44. The van der Waals surface area contributed by atoms with Crippen molar-refractivity contribution in [3.05, 3.63) is 91.3 Å². The second-order valence-corrected chi connectivity index (χ2v) is 11.2. The minimum absolute atomic E-state index is 0.0555. The fourth-order valence-electron chi connectivity index (χ4n) is 5.10. The summed E-state index contributed by atoms with van der Waals surface area (Å²) in [5, 5.41) is 10.2. The smallest absolute Gasteiger partial charge is 0.270 e. The third-order valence-corrected chi connectivity index (χ3v) is 7.96. The number of piperazine rings is 1. The van der Waals surface area contributed by atoms with Crippen molar-refractivity contribution >= 4 is 44.2 Å². The Hall–Kier alpha value is -3.08. The molecular weight excluding hydrogens is 575 g/mol. The predicted octanol–water partition coefficient (Wildman–Crippen LogP) is 5.02. The van der Waals surface area contributed by atoms with Crippen molar-refractivity contribution in [2.24, 2.45) is 0 Å². The number of pyridine rings is 1. The van der Waals surface area contributed by atoms with E-state index in [0.717, 1.165) is 21.1 Å². The van der Waals surface area contributed by atoms with Gasteiger partial charge in [0.2, 0.25) is 0 Å². The SMILES string of the molecule is C[C@@H]1CN(C(=O)c2cc3ccc(Br)cc3c(=O)[nH]2)C[C@H](C)N1Cc1cn([C@H](C)c2ccc(F)cc2Cl)nn1. The number of H-pyrrole nitrogens is 1. The average Bonchev–Trinajstić information content (AvgIpc) is 3.34. The molecule has 0 bridgehead atoms.